The van der Waals surface area contributed by atoms with Gasteiger partial charge in [0.1, 0.15) is 0 Å². The predicted octanol–water partition coefficient (Wildman–Crippen LogP) is 3.44. The van der Waals surface area contributed by atoms with Crippen molar-refractivity contribution in [3.8, 4) is 0 Å². The first-order valence-corrected chi connectivity index (χ1v) is 8.64. The van der Waals surface area contributed by atoms with Gasteiger partial charge in [0.15, 0.2) is 0 Å². The summed E-state index contributed by atoms with van der Waals surface area (Å²) < 4.78 is 24.8. The lowest BCUT2D eigenvalue weighted by Gasteiger charge is -2.16. The van der Waals surface area contributed by atoms with E-state index in [0.29, 0.717) is 11.7 Å². The van der Waals surface area contributed by atoms with E-state index in [1.54, 1.807) is 6.07 Å². The van der Waals surface area contributed by atoms with E-state index >= 15 is 0 Å². The zero-order chi connectivity index (χ0) is 14.3. The molecule has 0 saturated carbocycles. The van der Waals surface area contributed by atoms with Crippen molar-refractivity contribution in [2.75, 3.05) is 16.3 Å². The van der Waals surface area contributed by atoms with Gasteiger partial charge in [0, 0.05) is 11.7 Å². The summed E-state index contributed by atoms with van der Waals surface area (Å²) in [4.78, 5) is 0. The van der Waals surface area contributed by atoms with Crippen molar-refractivity contribution in [2.45, 2.75) is 45.6 Å². The van der Waals surface area contributed by atoms with Crippen molar-refractivity contribution < 1.29 is 8.42 Å². The number of unbranched alkanes of at least 4 members (excludes halogenated alkanes) is 2. The molecule has 0 aliphatic heterocycles. The van der Waals surface area contributed by atoms with Gasteiger partial charge in [-0.3, -0.25) is 4.72 Å². The third-order valence-electron chi connectivity index (χ3n) is 2.82. The normalized spacial score (nSPS) is 13.0. The number of nitrogens with one attached hydrogen (secondary N) is 2. The van der Waals surface area contributed by atoms with Gasteiger partial charge in [0.25, 0.3) is 0 Å². The lowest BCUT2D eigenvalue weighted by Crippen LogP contribution is -2.15. The van der Waals surface area contributed by atoms with Crippen LogP contribution in [-0.4, -0.2) is 20.7 Å². The molecular formula is C14H24N2O2S. The Labute approximate surface area is 116 Å². The maximum absolute atomic E-state index is 11.2. The molecule has 1 aromatic carbocycles. The third-order valence-corrected chi connectivity index (χ3v) is 3.43. The fourth-order valence-electron chi connectivity index (χ4n) is 1.94. The summed E-state index contributed by atoms with van der Waals surface area (Å²) in [5.41, 5.74) is 1.53. The molecule has 1 unspecified atom stereocenters. The van der Waals surface area contributed by atoms with Crippen molar-refractivity contribution in [3.63, 3.8) is 0 Å². The SMILES string of the molecule is CCCCCC(C)Nc1cccc(NS(C)(=O)=O)c1. The lowest BCUT2D eigenvalue weighted by atomic mass is 10.1. The molecule has 19 heavy (non-hydrogen) atoms. The summed E-state index contributed by atoms with van der Waals surface area (Å²) in [6.45, 7) is 4.34. The largest absolute Gasteiger partial charge is 0.383 e. The molecule has 1 atom stereocenters. The fraction of sp³-hybridized carbons (Fsp3) is 0.571. The van der Waals surface area contributed by atoms with E-state index in [2.05, 4.69) is 23.9 Å². The Morgan fingerprint density at radius 3 is 2.53 bits per heavy atom. The Kier molecular flexibility index (Phi) is 6.15. The molecule has 108 valence electrons. The van der Waals surface area contributed by atoms with Crippen molar-refractivity contribution in [2.24, 2.45) is 0 Å². The molecular weight excluding hydrogens is 260 g/mol. The summed E-state index contributed by atoms with van der Waals surface area (Å²) in [5.74, 6) is 0. The molecule has 0 aliphatic carbocycles. The molecule has 4 nitrogen and oxygen atoms in total. The smallest absolute Gasteiger partial charge is 0.229 e. The molecule has 0 radical (unpaired) electrons. The van der Waals surface area contributed by atoms with Crippen LogP contribution in [0.4, 0.5) is 11.4 Å². The van der Waals surface area contributed by atoms with Crippen LogP contribution in [-0.2, 0) is 10.0 Å². The van der Waals surface area contributed by atoms with Crippen LogP contribution in [0.5, 0.6) is 0 Å². The Morgan fingerprint density at radius 1 is 1.21 bits per heavy atom. The monoisotopic (exact) mass is 284 g/mol. The zero-order valence-corrected chi connectivity index (χ0v) is 12.8. The van der Waals surface area contributed by atoms with Gasteiger partial charge in [-0.15, -0.1) is 0 Å². The zero-order valence-electron chi connectivity index (χ0n) is 11.9. The summed E-state index contributed by atoms with van der Waals surface area (Å²) in [5, 5.41) is 3.39. The first-order valence-electron chi connectivity index (χ1n) is 6.75. The Morgan fingerprint density at radius 2 is 1.89 bits per heavy atom. The van der Waals surface area contributed by atoms with Gasteiger partial charge < -0.3 is 5.32 Å². The number of hydrogen-bond acceptors (Lipinski definition) is 3. The number of hydrogen-bond donors (Lipinski definition) is 2. The summed E-state index contributed by atoms with van der Waals surface area (Å²) in [6.07, 6.45) is 5.96. The summed E-state index contributed by atoms with van der Waals surface area (Å²) in [7, 11) is -3.22. The minimum absolute atomic E-state index is 0.389. The van der Waals surface area contributed by atoms with Gasteiger partial charge in [0.2, 0.25) is 10.0 Å². The number of rotatable bonds is 8. The molecule has 2 N–H and O–H groups in total. The van der Waals surface area contributed by atoms with Crippen LogP contribution in [0.25, 0.3) is 0 Å². The van der Waals surface area contributed by atoms with E-state index in [1.165, 1.54) is 19.3 Å². The van der Waals surface area contributed by atoms with Crippen molar-refractivity contribution >= 4 is 21.4 Å². The van der Waals surface area contributed by atoms with Crippen LogP contribution in [0.15, 0.2) is 24.3 Å². The van der Waals surface area contributed by atoms with Crippen LogP contribution in [0.1, 0.15) is 39.5 Å². The molecule has 0 amide bonds. The van der Waals surface area contributed by atoms with Gasteiger partial charge in [0.05, 0.1) is 11.9 Å². The van der Waals surface area contributed by atoms with Crippen molar-refractivity contribution in [1.82, 2.24) is 0 Å². The maximum Gasteiger partial charge on any atom is 0.229 e. The fourth-order valence-corrected chi connectivity index (χ4v) is 2.50. The maximum atomic E-state index is 11.2. The Balaban J connectivity index is 2.56. The molecule has 0 aliphatic rings. The van der Waals surface area contributed by atoms with Crippen LogP contribution in [0.2, 0.25) is 0 Å². The van der Waals surface area contributed by atoms with E-state index < -0.39 is 10.0 Å². The molecule has 0 spiro atoms. The quantitative estimate of drug-likeness (QED) is 0.719. The van der Waals surface area contributed by atoms with E-state index in [1.807, 2.05) is 18.2 Å². The van der Waals surface area contributed by atoms with Crippen molar-refractivity contribution in [3.05, 3.63) is 24.3 Å². The second-order valence-electron chi connectivity index (χ2n) is 5.00. The number of sulfonamides is 1. The topological polar surface area (TPSA) is 58.2 Å². The second-order valence-corrected chi connectivity index (χ2v) is 6.74. The highest BCUT2D eigenvalue weighted by Crippen LogP contribution is 2.18. The van der Waals surface area contributed by atoms with Crippen LogP contribution in [0, 0.1) is 0 Å². The average Bonchev–Trinajstić information content (AvgIpc) is 2.27. The Hall–Kier alpha value is -1.23. The molecule has 5 heteroatoms. The molecule has 0 saturated heterocycles. The van der Waals surface area contributed by atoms with E-state index in [-0.39, 0.29) is 0 Å². The molecule has 0 heterocycles. The minimum Gasteiger partial charge on any atom is -0.383 e. The standard InChI is InChI=1S/C14H24N2O2S/c1-4-5-6-8-12(2)15-13-9-7-10-14(11-13)16-19(3,17)18/h7,9-12,15-16H,4-6,8H2,1-3H3. The number of anilines is 2. The van der Waals surface area contributed by atoms with Crippen LogP contribution < -0.4 is 10.0 Å². The highest BCUT2D eigenvalue weighted by molar-refractivity contribution is 7.92. The second kappa shape index (κ2) is 7.38. The highest BCUT2D eigenvalue weighted by Gasteiger charge is 2.05. The molecule has 0 aromatic heterocycles. The van der Waals surface area contributed by atoms with Gasteiger partial charge >= 0.3 is 0 Å². The molecule has 1 aromatic rings. The van der Waals surface area contributed by atoms with Gasteiger partial charge in [-0.2, -0.15) is 0 Å². The van der Waals surface area contributed by atoms with E-state index in [4.69, 9.17) is 0 Å². The molecule has 0 bridgehead atoms. The first-order chi connectivity index (χ1) is 8.90. The van der Waals surface area contributed by atoms with Gasteiger partial charge in [-0.25, -0.2) is 8.42 Å². The summed E-state index contributed by atoms with van der Waals surface area (Å²) in [6, 6.07) is 7.74. The summed E-state index contributed by atoms with van der Waals surface area (Å²) >= 11 is 0. The number of benzene rings is 1. The first kappa shape index (κ1) is 15.8. The third kappa shape index (κ3) is 7.06. The highest BCUT2D eigenvalue weighted by atomic mass is 32.2. The van der Waals surface area contributed by atoms with Crippen molar-refractivity contribution in [1.29, 1.82) is 0 Å². The Bertz CT molecular complexity index is 486. The average molecular weight is 284 g/mol. The lowest BCUT2D eigenvalue weighted by molar-refractivity contribution is 0.607. The van der Waals surface area contributed by atoms with E-state index in [0.717, 1.165) is 18.4 Å². The van der Waals surface area contributed by atoms with Gasteiger partial charge in [-0.05, 0) is 31.5 Å². The predicted molar refractivity (Wildman–Crippen MR) is 82.1 cm³/mol. The van der Waals surface area contributed by atoms with Crippen LogP contribution >= 0.6 is 0 Å². The van der Waals surface area contributed by atoms with E-state index in [9.17, 15) is 8.42 Å². The van der Waals surface area contributed by atoms with Crippen LogP contribution in [0.3, 0.4) is 0 Å². The minimum atomic E-state index is -3.22. The van der Waals surface area contributed by atoms with Gasteiger partial charge in [-0.1, -0.05) is 32.3 Å². The molecule has 0 fully saturated rings. The molecule has 1 rings (SSSR count).